The maximum atomic E-state index is 12.8. The molecule has 0 spiro atoms. The number of carboxylic acids is 1. The molecule has 25 heavy (non-hydrogen) atoms. The standard InChI is InChI=1S/C19H20N2O4/c1-25-16-7-5-13(6-8-16)14-10-15(12-20-11-14)18(22)21-9-3-2-4-17(21)19(23)24/h5-8,10-12,17H,2-4,9H2,1H3,(H,23,24). The van der Waals surface area contributed by atoms with Gasteiger partial charge in [0.2, 0.25) is 0 Å². The van der Waals surface area contributed by atoms with Crippen molar-refractivity contribution >= 4 is 11.9 Å². The van der Waals surface area contributed by atoms with Gasteiger partial charge in [-0.15, -0.1) is 0 Å². The number of nitrogens with zero attached hydrogens (tertiary/aromatic N) is 2. The normalized spacial score (nSPS) is 17.2. The first-order chi connectivity index (χ1) is 12.1. The monoisotopic (exact) mass is 340 g/mol. The zero-order chi connectivity index (χ0) is 17.8. The topological polar surface area (TPSA) is 79.7 Å². The Morgan fingerprint density at radius 1 is 1.16 bits per heavy atom. The molecular weight excluding hydrogens is 320 g/mol. The van der Waals surface area contributed by atoms with E-state index in [0.717, 1.165) is 29.7 Å². The van der Waals surface area contributed by atoms with Crippen LogP contribution in [0.15, 0.2) is 42.7 Å². The first-order valence-corrected chi connectivity index (χ1v) is 8.23. The Morgan fingerprint density at radius 3 is 2.60 bits per heavy atom. The molecule has 1 N–H and O–H groups in total. The van der Waals surface area contributed by atoms with Crippen molar-refractivity contribution in [3.8, 4) is 16.9 Å². The molecule has 1 aromatic carbocycles. The third kappa shape index (κ3) is 3.63. The number of aromatic nitrogens is 1. The summed E-state index contributed by atoms with van der Waals surface area (Å²) >= 11 is 0. The number of ether oxygens (including phenoxy) is 1. The number of likely N-dealkylation sites (tertiary alicyclic amines) is 1. The van der Waals surface area contributed by atoms with Crippen LogP contribution in [-0.4, -0.2) is 46.6 Å². The second-order valence-electron chi connectivity index (χ2n) is 6.04. The fourth-order valence-electron chi connectivity index (χ4n) is 3.10. The second-order valence-corrected chi connectivity index (χ2v) is 6.04. The van der Waals surface area contributed by atoms with Crippen molar-refractivity contribution in [3.05, 3.63) is 48.3 Å². The van der Waals surface area contributed by atoms with Crippen LogP contribution in [0.3, 0.4) is 0 Å². The van der Waals surface area contributed by atoms with E-state index in [1.807, 2.05) is 24.3 Å². The summed E-state index contributed by atoms with van der Waals surface area (Å²) in [5, 5.41) is 9.37. The number of rotatable bonds is 4. The smallest absolute Gasteiger partial charge is 0.326 e. The number of carbonyl (C=O) groups is 2. The maximum Gasteiger partial charge on any atom is 0.326 e. The van der Waals surface area contributed by atoms with E-state index in [2.05, 4.69) is 4.98 Å². The first kappa shape index (κ1) is 17.0. The number of hydrogen-bond donors (Lipinski definition) is 1. The molecule has 6 nitrogen and oxygen atoms in total. The Bertz CT molecular complexity index is 773. The quantitative estimate of drug-likeness (QED) is 0.926. The van der Waals surface area contributed by atoms with Gasteiger partial charge in [-0.2, -0.15) is 0 Å². The molecule has 1 aliphatic rings. The van der Waals surface area contributed by atoms with Gasteiger partial charge in [0.05, 0.1) is 12.7 Å². The molecule has 1 aromatic heterocycles. The Balaban J connectivity index is 1.87. The molecule has 3 rings (SSSR count). The van der Waals surface area contributed by atoms with Crippen molar-refractivity contribution in [1.29, 1.82) is 0 Å². The number of pyridine rings is 1. The number of aliphatic carboxylic acids is 1. The van der Waals surface area contributed by atoms with Crippen LogP contribution in [0.2, 0.25) is 0 Å². The molecule has 1 unspecified atom stereocenters. The molecule has 0 bridgehead atoms. The van der Waals surface area contributed by atoms with Gasteiger partial charge >= 0.3 is 5.97 Å². The lowest BCUT2D eigenvalue weighted by atomic mass is 10.00. The van der Waals surface area contributed by atoms with Crippen molar-refractivity contribution in [3.63, 3.8) is 0 Å². The average molecular weight is 340 g/mol. The fourth-order valence-corrected chi connectivity index (χ4v) is 3.10. The Labute approximate surface area is 146 Å². The van der Waals surface area contributed by atoms with E-state index in [1.54, 1.807) is 19.4 Å². The average Bonchev–Trinajstić information content (AvgIpc) is 2.67. The second kappa shape index (κ2) is 7.34. The van der Waals surface area contributed by atoms with Crippen molar-refractivity contribution < 1.29 is 19.4 Å². The molecule has 0 aliphatic carbocycles. The molecule has 1 saturated heterocycles. The molecule has 1 aliphatic heterocycles. The highest BCUT2D eigenvalue weighted by Gasteiger charge is 2.32. The van der Waals surface area contributed by atoms with E-state index in [4.69, 9.17) is 4.74 Å². The van der Waals surface area contributed by atoms with Gasteiger partial charge in [0.1, 0.15) is 11.8 Å². The lowest BCUT2D eigenvalue weighted by Crippen LogP contribution is -2.48. The highest BCUT2D eigenvalue weighted by molar-refractivity contribution is 5.97. The molecule has 1 fully saturated rings. The highest BCUT2D eigenvalue weighted by Crippen LogP contribution is 2.24. The van der Waals surface area contributed by atoms with Crippen LogP contribution in [0.1, 0.15) is 29.6 Å². The third-order valence-corrected chi connectivity index (χ3v) is 4.46. The lowest BCUT2D eigenvalue weighted by Gasteiger charge is -2.33. The first-order valence-electron chi connectivity index (χ1n) is 8.23. The molecular formula is C19H20N2O4. The summed E-state index contributed by atoms with van der Waals surface area (Å²) in [5.41, 5.74) is 2.12. The number of hydrogen-bond acceptors (Lipinski definition) is 4. The van der Waals surface area contributed by atoms with Crippen LogP contribution < -0.4 is 4.74 Å². The molecule has 130 valence electrons. The zero-order valence-corrected chi connectivity index (χ0v) is 14.0. The van der Waals surface area contributed by atoms with Crippen molar-refractivity contribution in [2.45, 2.75) is 25.3 Å². The predicted molar refractivity (Wildman–Crippen MR) is 92.5 cm³/mol. The number of carboxylic acid groups (broad SMARTS) is 1. The van der Waals surface area contributed by atoms with E-state index < -0.39 is 12.0 Å². The van der Waals surface area contributed by atoms with Crippen molar-refractivity contribution in [2.75, 3.05) is 13.7 Å². The predicted octanol–water partition coefficient (Wildman–Crippen LogP) is 2.84. The molecule has 1 atom stereocenters. The highest BCUT2D eigenvalue weighted by atomic mass is 16.5. The molecule has 1 amide bonds. The molecule has 0 saturated carbocycles. The SMILES string of the molecule is COc1ccc(-c2cncc(C(=O)N3CCCCC3C(=O)O)c2)cc1. The minimum atomic E-state index is -0.952. The van der Waals surface area contributed by atoms with Gasteiger partial charge in [-0.3, -0.25) is 9.78 Å². The molecule has 2 aromatic rings. The van der Waals surface area contributed by atoms with E-state index in [-0.39, 0.29) is 5.91 Å². The van der Waals surface area contributed by atoms with E-state index in [9.17, 15) is 14.7 Å². The van der Waals surface area contributed by atoms with Gasteiger partial charge in [-0.25, -0.2) is 4.79 Å². The van der Waals surface area contributed by atoms with Gasteiger partial charge in [0.25, 0.3) is 5.91 Å². The van der Waals surface area contributed by atoms with Gasteiger partial charge in [-0.05, 0) is 43.0 Å². The van der Waals surface area contributed by atoms with Crippen molar-refractivity contribution in [2.24, 2.45) is 0 Å². The number of amides is 1. The summed E-state index contributed by atoms with van der Waals surface area (Å²) in [5.74, 6) is -0.483. The van der Waals surface area contributed by atoms with E-state index in [1.165, 1.54) is 11.1 Å². The van der Waals surface area contributed by atoms with Crippen LogP contribution in [0.25, 0.3) is 11.1 Å². The van der Waals surface area contributed by atoms with Gasteiger partial charge in [0.15, 0.2) is 0 Å². The number of methoxy groups -OCH3 is 1. The van der Waals surface area contributed by atoms with Crippen LogP contribution in [0.4, 0.5) is 0 Å². The Kier molecular flexibility index (Phi) is 4.97. The minimum Gasteiger partial charge on any atom is -0.497 e. The molecule has 0 radical (unpaired) electrons. The molecule has 6 heteroatoms. The summed E-state index contributed by atoms with van der Waals surface area (Å²) in [6.07, 6.45) is 5.31. The Hall–Kier alpha value is -2.89. The molecule has 2 heterocycles. The largest absolute Gasteiger partial charge is 0.497 e. The van der Waals surface area contributed by atoms with Crippen LogP contribution in [0, 0.1) is 0 Å². The summed E-state index contributed by atoms with van der Waals surface area (Å²) < 4.78 is 5.15. The minimum absolute atomic E-state index is 0.282. The van der Waals surface area contributed by atoms with Crippen molar-refractivity contribution in [1.82, 2.24) is 9.88 Å². The number of carbonyl (C=O) groups excluding carboxylic acids is 1. The van der Waals surface area contributed by atoms with Gasteiger partial charge < -0.3 is 14.7 Å². The summed E-state index contributed by atoms with van der Waals surface area (Å²) in [7, 11) is 1.60. The number of benzene rings is 1. The van der Waals surface area contributed by atoms with Crippen LogP contribution in [-0.2, 0) is 4.79 Å². The summed E-state index contributed by atoms with van der Waals surface area (Å²) in [6.45, 7) is 0.461. The van der Waals surface area contributed by atoms with Gasteiger partial charge in [-0.1, -0.05) is 12.1 Å². The summed E-state index contributed by atoms with van der Waals surface area (Å²) in [6, 6.07) is 8.47. The fraction of sp³-hybridized carbons (Fsp3) is 0.316. The zero-order valence-electron chi connectivity index (χ0n) is 14.0. The van der Waals surface area contributed by atoms with Crippen LogP contribution in [0.5, 0.6) is 5.75 Å². The number of piperidine rings is 1. The van der Waals surface area contributed by atoms with E-state index in [0.29, 0.717) is 18.5 Å². The van der Waals surface area contributed by atoms with Gasteiger partial charge in [0, 0.05) is 24.5 Å². The lowest BCUT2D eigenvalue weighted by molar-refractivity contribution is -0.143. The van der Waals surface area contributed by atoms with E-state index >= 15 is 0 Å². The third-order valence-electron chi connectivity index (χ3n) is 4.46. The van der Waals surface area contributed by atoms with Crippen LogP contribution >= 0.6 is 0 Å². The Morgan fingerprint density at radius 2 is 1.92 bits per heavy atom. The summed E-state index contributed by atoms with van der Waals surface area (Å²) in [4.78, 5) is 29.8. The maximum absolute atomic E-state index is 12.8.